The maximum absolute atomic E-state index is 12.1. The fourth-order valence-electron chi connectivity index (χ4n) is 5.12. The minimum atomic E-state index is -0.406. The third-order valence-electron chi connectivity index (χ3n) is 7.05. The van der Waals surface area contributed by atoms with Gasteiger partial charge in [0.15, 0.2) is 5.65 Å². The van der Waals surface area contributed by atoms with Gasteiger partial charge < -0.3 is 14.8 Å². The van der Waals surface area contributed by atoms with E-state index in [4.69, 9.17) is 19.3 Å². The number of aryl methyl sites for hydroxylation is 1. The second-order valence-corrected chi connectivity index (χ2v) is 9.13. The molecule has 4 heterocycles. The Kier molecular flexibility index (Phi) is 6.25. The van der Waals surface area contributed by atoms with E-state index in [0.29, 0.717) is 12.6 Å². The number of pyridine rings is 1. The third-order valence-corrected chi connectivity index (χ3v) is 7.05. The summed E-state index contributed by atoms with van der Waals surface area (Å²) < 4.78 is 12.7. The van der Waals surface area contributed by atoms with Crippen molar-refractivity contribution in [3.63, 3.8) is 0 Å². The molecule has 9 heteroatoms. The molecule has 0 aromatic carbocycles. The molecule has 2 fully saturated rings. The molecule has 1 spiro atoms. The normalized spacial score (nSPS) is 25.8. The van der Waals surface area contributed by atoms with Crippen molar-refractivity contribution in [1.29, 1.82) is 0 Å². The highest BCUT2D eigenvalue weighted by Crippen LogP contribution is 2.42. The minimum Gasteiger partial charge on any atom is -0.466 e. The van der Waals surface area contributed by atoms with Crippen LogP contribution < -0.4 is 10.8 Å². The van der Waals surface area contributed by atoms with E-state index in [0.717, 1.165) is 86.3 Å². The maximum Gasteiger partial charge on any atom is 0.308 e. The van der Waals surface area contributed by atoms with Crippen molar-refractivity contribution < 1.29 is 19.1 Å². The molecule has 0 unspecified atom stereocenters. The summed E-state index contributed by atoms with van der Waals surface area (Å²) in [6, 6.07) is 0.338. The summed E-state index contributed by atoms with van der Waals surface area (Å²) in [5.74, 6) is -0.131. The van der Waals surface area contributed by atoms with Crippen molar-refractivity contribution in [1.82, 2.24) is 20.2 Å². The van der Waals surface area contributed by atoms with Crippen LogP contribution in [0.1, 0.15) is 57.9 Å². The summed E-state index contributed by atoms with van der Waals surface area (Å²) in [7, 11) is 0. The Bertz CT molecular complexity index is 1030. The Hall–Kier alpha value is -2.65. The van der Waals surface area contributed by atoms with E-state index in [1.165, 1.54) is 0 Å². The largest absolute Gasteiger partial charge is 0.466 e. The summed E-state index contributed by atoms with van der Waals surface area (Å²) in [6.07, 6.45) is 11.0. The van der Waals surface area contributed by atoms with E-state index >= 15 is 0 Å². The first kappa shape index (κ1) is 22.2. The van der Waals surface area contributed by atoms with Crippen molar-refractivity contribution in [2.75, 3.05) is 25.1 Å². The second-order valence-electron chi connectivity index (χ2n) is 9.13. The summed E-state index contributed by atoms with van der Waals surface area (Å²) >= 11 is 0. The first-order valence-corrected chi connectivity index (χ1v) is 12.1. The molecule has 1 saturated heterocycles. The standard InChI is InChI=1S/C24H33N5O4/c1-3-29-22-19(15-26-29)21(27-17-7-11-31-12-8-17)18(14-25-22)20-13-24(33-28-20)9-5-16(6-10-24)23(30)32-4-2/h13-17,28H,3-12H2,1-2H3,(H,25,27). The zero-order valence-corrected chi connectivity index (χ0v) is 19.4. The lowest BCUT2D eigenvalue weighted by Gasteiger charge is -2.33. The topological polar surface area (TPSA) is 99.5 Å². The quantitative estimate of drug-likeness (QED) is 0.640. The van der Waals surface area contributed by atoms with Crippen LogP contribution in [0.25, 0.3) is 16.7 Å². The van der Waals surface area contributed by atoms with E-state index in [-0.39, 0.29) is 11.9 Å². The van der Waals surface area contributed by atoms with E-state index in [1.54, 1.807) is 0 Å². The number of anilines is 1. The second kappa shape index (κ2) is 9.30. The Labute approximate surface area is 193 Å². The average molecular weight is 456 g/mol. The number of carbonyl (C=O) groups excluding carboxylic acids is 1. The Morgan fingerprint density at radius 2 is 2.03 bits per heavy atom. The van der Waals surface area contributed by atoms with Gasteiger partial charge in [0.05, 0.1) is 35.5 Å². The van der Waals surface area contributed by atoms with Crippen LogP contribution in [0, 0.1) is 5.92 Å². The summed E-state index contributed by atoms with van der Waals surface area (Å²) in [6.45, 7) is 6.65. The smallest absolute Gasteiger partial charge is 0.308 e. The number of nitrogens with one attached hydrogen (secondary N) is 2. The van der Waals surface area contributed by atoms with Crippen LogP contribution in [0.2, 0.25) is 0 Å². The molecular weight excluding hydrogens is 422 g/mol. The summed E-state index contributed by atoms with van der Waals surface area (Å²) in [4.78, 5) is 23.0. The van der Waals surface area contributed by atoms with Gasteiger partial charge in [0.2, 0.25) is 0 Å². The number of fused-ring (bicyclic) bond motifs is 1. The average Bonchev–Trinajstić information content (AvgIpc) is 3.45. The van der Waals surface area contributed by atoms with Crippen molar-refractivity contribution >= 4 is 28.4 Å². The zero-order valence-electron chi connectivity index (χ0n) is 19.4. The predicted octanol–water partition coefficient (Wildman–Crippen LogP) is 3.41. The molecule has 33 heavy (non-hydrogen) atoms. The van der Waals surface area contributed by atoms with Crippen LogP contribution in [0.5, 0.6) is 0 Å². The van der Waals surface area contributed by atoms with Crippen LogP contribution in [-0.2, 0) is 25.7 Å². The van der Waals surface area contributed by atoms with Gasteiger partial charge in [-0.3, -0.25) is 15.1 Å². The molecular formula is C24H33N5O4. The molecule has 3 aliphatic rings. The lowest BCUT2D eigenvalue weighted by molar-refractivity contribution is -0.151. The molecule has 1 aliphatic carbocycles. The van der Waals surface area contributed by atoms with Crippen molar-refractivity contribution in [3.05, 3.63) is 24.0 Å². The number of hydrogen-bond acceptors (Lipinski definition) is 8. The van der Waals surface area contributed by atoms with Gasteiger partial charge >= 0.3 is 5.97 Å². The summed E-state index contributed by atoms with van der Waals surface area (Å²) in [5.41, 5.74) is 6.58. The van der Waals surface area contributed by atoms with Crippen LogP contribution in [0.3, 0.4) is 0 Å². The number of ether oxygens (including phenoxy) is 2. The number of esters is 1. The van der Waals surface area contributed by atoms with Crippen LogP contribution >= 0.6 is 0 Å². The monoisotopic (exact) mass is 455 g/mol. The highest BCUT2D eigenvalue weighted by atomic mass is 16.7. The lowest BCUT2D eigenvalue weighted by Crippen LogP contribution is -2.37. The van der Waals surface area contributed by atoms with Gasteiger partial charge in [-0.05, 0) is 58.4 Å². The number of hydrogen-bond donors (Lipinski definition) is 2. The summed E-state index contributed by atoms with van der Waals surface area (Å²) in [5, 5.41) is 9.31. The maximum atomic E-state index is 12.1. The fourth-order valence-corrected chi connectivity index (χ4v) is 5.12. The van der Waals surface area contributed by atoms with Crippen LogP contribution in [0.15, 0.2) is 18.5 Å². The molecule has 0 amide bonds. The predicted molar refractivity (Wildman–Crippen MR) is 124 cm³/mol. The minimum absolute atomic E-state index is 0.0414. The first-order valence-electron chi connectivity index (χ1n) is 12.1. The van der Waals surface area contributed by atoms with Crippen molar-refractivity contribution in [2.45, 2.75) is 70.6 Å². The zero-order chi connectivity index (χ0) is 22.8. The molecule has 178 valence electrons. The van der Waals surface area contributed by atoms with Crippen molar-refractivity contribution in [2.24, 2.45) is 5.92 Å². The van der Waals surface area contributed by atoms with Crippen LogP contribution in [-0.4, -0.2) is 52.2 Å². The molecule has 0 atom stereocenters. The molecule has 2 aromatic rings. The van der Waals surface area contributed by atoms with E-state index < -0.39 is 5.60 Å². The molecule has 9 nitrogen and oxygen atoms in total. The highest BCUT2D eigenvalue weighted by molar-refractivity contribution is 5.95. The van der Waals surface area contributed by atoms with E-state index in [1.807, 2.05) is 24.0 Å². The van der Waals surface area contributed by atoms with E-state index in [9.17, 15) is 4.79 Å². The Balaban J connectivity index is 1.43. The number of nitrogens with zero attached hydrogens (tertiary/aromatic N) is 3. The SMILES string of the molecule is CCOC(=O)C1CCC2(C=C(c3cnc4c(cnn4CC)c3NC3CCOCC3)NO2)CC1. The molecule has 5 rings (SSSR count). The van der Waals surface area contributed by atoms with Gasteiger partial charge in [0.25, 0.3) is 0 Å². The lowest BCUT2D eigenvalue weighted by atomic mass is 9.78. The third kappa shape index (κ3) is 4.31. The van der Waals surface area contributed by atoms with Gasteiger partial charge in [0.1, 0.15) is 5.60 Å². The molecule has 2 aliphatic heterocycles. The first-order chi connectivity index (χ1) is 16.1. The Morgan fingerprint density at radius 1 is 1.24 bits per heavy atom. The Morgan fingerprint density at radius 3 is 2.76 bits per heavy atom. The van der Waals surface area contributed by atoms with Gasteiger partial charge in [0, 0.05) is 37.6 Å². The number of rotatable bonds is 6. The molecule has 0 radical (unpaired) electrons. The number of carbonyl (C=O) groups is 1. The fraction of sp³-hybridized carbons (Fsp3) is 0.625. The van der Waals surface area contributed by atoms with E-state index in [2.05, 4.69) is 28.9 Å². The molecule has 2 N–H and O–H groups in total. The molecule has 0 bridgehead atoms. The van der Waals surface area contributed by atoms with Gasteiger partial charge in [-0.1, -0.05) is 0 Å². The molecule has 2 aromatic heterocycles. The molecule has 1 saturated carbocycles. The van der Waals surface area contributed by atoms with Crippen LogP contribution in [0.4, 0.5) is 5.69 Å². The number of aromatic nitrogens is 3. The van der Waals surface area contributed by atoms with Gasteiger partial charge in [-0.2, -0.15) is 5.10 Å². The van der Waals surface area contributed by atoms with Gasteiger partial charge in [-0.25, -0.2) is 9.67 Å². The highest BCUT2D eigenvalue weighted by Gasteiger charge is 2.42. The van der Waals surface area contributed by atoms with Gasteiger partial charge in [-0.15, -0.1) is 0 Å². The van der Waals surface area contributed by atoms with Crippen molar-refractivity contribution in [3.8, 4) is 0 Å². The number of hydroxylamine groups is 1.